The second-order valence-corrected chi connectivity index (χ2v) is 3.62. The highest BCUT2D eigenvalue weighted by atomic mass is 16.5. The molecule has 0 radical (unpaired) electrons. The van der Waals surface area contributed by atoms with Crippen LogP contribution in [0.4, 0.5) is 0 Å². The summed E-state index contributed by atoms with van der Waals surface area (Å²) in [6.45, 7) is 1.23. The van der Waals surface area contributed by atoms with Crippen molar-refractivity contribution < 1.29 is 9.47 Å². The molecule has 4 nitrogen and oxygen atoms in total. The molecule has 0 saturated heterocycles. The summed E-state index contributed by atoms with van der Waals surface area (Å²) in [5.74, 6) is 1.75. The lowest BCUT2D eigenvalue weighted by Gasteiger charge is -2.16. The van der Waals surface area contributed by atoms with E-state index in [9.17, 15) is 0 Å². The normalized spacial score (nSPS) is 12.2. The molecular formula is C12H20N2O2. The Morgan fingerprint density at radius 2 is 1.81 bits per heavy atom. The van der Waals surface area contributed by atoms with Gasteiger partial charge in [0.15, 0.2) is 11.5 Å². The number of rotatable bonds is 6. The molecule has 0 saturated carbocycles. The topological polar surface area (TPSA) is 70.5 Å². The summed E-state index contributed by atoms with van der Waals surface area (Å²) in [6, 6.07) is 5.87. The fraction of sp³-hybridized carbons (Fsp3) is 0.500. The molecule has 1 unspecified atom stereocenters. The molecule has 1 aromatic rings. The largest absolute Gasteiger partial charge is 0.493 e. The number of benzene rings is 1. The van der Waals surface area contributed by atoms with Crippen molar-refractivity contribution in [2.75, 3.05) is 27.3 Å². The Hall–Kier alpha value is -1.26. The molecule has 1 aromatic carbocycles. The molecule has 0 spiro atoms. The molecule has 0 aliphatic carbocycles. The van der Waals surface area contributed by atoms with Crippen LogP contribution >= 0.6 is 0 Å². The van der Waals surface area contributed by atoms with Crippen molar-refractivity contribution in [3.63, 3.8) is 0 Å². The Bertz CT molecular complexity index is 329. The smallest absolute Gasteiger partial charge is 0.160 e. The van der Waals surface area contributed by atoms with Crippen LogP contribution in [0.1, 0.15) is 17.9 Å². The Morgan fingerprint density at radius 3 is 2.31 bits per heavy atom. The lowest BCUT2D eigenvalue weighted by Crippen LogP contribution is -2.16. The van der Waals surface area contributed by atoms with Crippen LogP contribution in [0, 0.1) is 0 Å². The zero-order valence-corrected chi connectivity index (χ0v) is 9.90. The second-order valence-electron chi connectivity index (χ2n) is 3.62. The van der Waals surface area contributed by atoms with Crippen molar-refractivity contribution in [1.29, 1.82) is 0 Å². The van der Waals surface area contributed by atoms with E-state index in [0.29, 0.717) is 13.1 Å². The molecule has 4 heteroatoms. The van der Waals surface area contributed by atoms with Crippen LogP contribution in [0.3, 0.4) is 0 Å². The summed E-state index contributed by atoms with van der Waals surface area (Å²) in [4.78, 5) is 0. The minimum absolute atomic E-state index is 0.282. The first-order valence-electron chi connectivity index (χ1n) is 5.38. The summed E-state index contributed by atoms with van der Waals surface area (Å²) in [7, 11) is 3.25. The number of methoxy groups -OCH3 is 2. The molecule has 16 heavy (non-hydrogen) atoms. The highest BCUT2D eigenvalue weighted by Crippen LogP contribution is 2.31. The van der Waals surface area contributed by atoms with Crippen molar-refractivity contribution in [1.82, 2.24) is 0 Å². The monoisotopic (exact) mass is 224 g/mol. The van der Waals surface area contributed by atoms with Gasteiger partial charge in [-0.05, 0) is 43.1 Å². The van der Waals surface area contributed by atoms with E-state index < -0.39 is 0 Å². The van der Waals surface area contributed by atoms with Crippen LogP contribution in [-0.2, 0) is 0 Å². The second kappa shape index (κ2) is 6.35. The first kappa shape index (κ1) is 12.8. The van der Waals surface area contributed by atoms with Crippen molar-refractivity contribution >= 4 is 0 Å². The molecule has 0 heterocycles. The molecule has 0 fully saturated rings. The van der Waals surface area contributed by atoms with Crippen LogP contribution in [-0.4, -0.2) is 27.3 Å². The van der Waals surface area contributed by atoms with Gasteiger partial charge in [0, 0.05) is 0 Å². The van der Waals surface area contributed by atoms with Crippen LogP contribution in [0.15, 0.2) is 18.2 Å². The number of hydrogen-bond acceptors (Lipinski definition) is 4. The molecule has 0 amide bonds. The maximum Gasteiger partial charge on any atom is 0.160 e. The van der Waals surface area contributed by atoms with Crippen LogP contribution in [0.5, 0.6) is 11.5 Å². The lowest BCUT2D eigenvalue weighted by atomic mass is 9.95. The van der Waals surface area contributed by atoms with Gasteiger partial charge in [-0.1, -0.05) is 6.07 Å². The predicted molar refractivity (Wildman–Crippen MR) is 65.0 cm³/mol. The van der Waals surface area contributed by atoms with Gasteiger partial charge in [0.05, 0.1) is 14.2 Å². The fourth-order valence-electron chi connectivity index (χ4n) is 1.73. The van der Waals surface area contributed by atoms with Gasteiger partial charge in [-0.25, -0.2) is 0 Å². The summed E-state index contributed by atoms with van der Waals surface area (Å²) >= 11 is 0. The number of nitrogens with two attached hydrogens (primary N) is 2. The third kappa shape index (κ3) is 2.87. The van der Waals surface area contributed by atoms with E-state index in [2.05, 4.69) is 0 Å². The first-order valence-corrected chi connectivity index (χ1v) is 5.38. The van der Waals surface area contributed by atoms with Crippen LogP contribution in [0.25, 0.3) is 0 Å². The van der Waals surface area contributed by atoms with Gasteiger partial charge in [-0.3, -0.25) is 0 Å². The van der Waals surface area contributed by atoms with Crippen molar-refractivity contribution in [3.8, 4) is 11.5 Å². The van der Waals surface area contributed by atoms with Crippen molar-refractivity contribution in [2.45, 2.75) is 12.3 Å². The third-order valence-corrected chi connectivity index (χ3v) is 2.68. The molecular weight excluding hydrogens is 204 g/mol. The molecule has 0 aliphatic heterocycles. The maximum absolute atomic E-state index is 5.73. The average Bonchev–Trinajstić information content (AvgIpc) is 2.35. The molecule has 0 aromatic heterocycles. The van der Waals surface area contributed by atoms with E-state index in [0.717, 1.165) is 23.5 Å². The minimum atomic E-state index is 0.282. The standard InChI is InChI=1S/C12H20N2O2/c1-15-11-4-3-9(7-12(11)16-2)10(8-14)5-6-13/h3-4,7,10H,5-6,8,13-14H2,1-2H3. The van der Waals surface area contributed by atoms with E-state index in [-0.39, 0.29) is 5.92 Å². The van der Waals surface area contributed by atoms with Gasteiger partial charge in [-0.15, -0.1) is 0 Å². The number of hydrogen-bond donors (Lipinski definition) is 2. The fourth-order valence-corrected chi connectivity index (χ4v) is 1.73. The van der Waals surface area contributed by atoms with Crippen LogP contribution < -0.4 is 20.9 Å². The third-order valence-electron chi connectivity index (χ3n) is 2.68. The zero-order valence-electron chi connectivity index (χ0n) is 9.90. The Kier molecular flexibility index (Phi) is 5.08. The van der Waals surface area contributed by atoms with Crippen LogP contribution in [0.2, 0.25) is 0 Å². The van der Waals surface area contributed by atoms with E-state index in [1.54, 1.807) is 14.2 Å². The van der Waals surface area contributed by atoms with E-state index in [1.165, 1.54) is 0 Å². The van der Waals surface area contributed by atoms with E-state index in [1.807, 2.05) is 18.2 Å². The summed E-state index contributed by atoms with van der Waals surface area (Å²) in [5.41, 5.74) is 12.4. The molecule has 90 valence electrons. The maximum atomic E-state index is 5.73. The lowest BCUT2D eigenvalue weighted by molar-refractivity contribution is 0.354. The Balaban J connectivity index is 2.96. The number of ether oxygens (including phenoxy) is 2. The van der Waals surface area contributed by atoms with Gasteiger partial charge in [0.1, 0.15) is 0 Å². The first-order chi connectivity index (χ1) is 7.76. The quantitative estimate of drug-likeness (QED) is 0.759. The molecule has 1 rings (SSSR count). The van der Waals surface area contributed by atoms with Gasteiger partial charge in [0.2, 0.25) is 0 Å². The van der Waals surface area contributed by atoms with Crippen molar-refractivity contribution in [2.24, 2.45) is 11.5 Å². The minimum Gasteiger partial charge on any atom is -0.493 e. The average molecular weight is 224 g/mol. The zero-order chi connectivity index (χ0) is 12.0. The van der Waals surface area contributed by atoms with Crippen molar-refractivity contribution in [3.05, 3.63) is 23.8 Å². The van der Waals surface area contributed by atoms with Gasteiger partial charge in [-0.2, -0.15) is 0 Å². The summed E-state index contributed by atoms with van der Waals surface area (Å²) in [6.07, 6.45) is 0.881. The highest BCUT2D eigenvalue weighted by Gasteiger charge is 2.12. The van der Waals surface area contributed by atoms with Gasteiger partial charge >= 0.3 is 0 Å². The summed E-state index contributed by atoms with van der Waals surface area (Å²) in [5, 5.41) is 0. The van der Waals surface area contributed by atoms with E-state index in [4.69, 9.17) is 20.9 Å². The van der Waals surface area contributed by atoms with Gasteiger partial charge in [0.25, 0.3) is 0 Å². The molecule has 0 aliphatic rings. The Labute approximate surface area is 96.5 Å². The Morgan fingerprint density at radius 1 is 1.12 bits per heavy atom. The van der Waals surface area contributed by atoms with Gasteiger partial charge < -0.3 is 20.9 Å². The van der Waals surface area contributed by atoms with E-state index >= 15 is 0 Å². The molecule has 1 atom stereocenters. The highest BCUT2D eigenvalue weighted by molar-refractivity contribution is 5.44. The molecule has 4 N–H and O–H groups in total. The molecule has 0 bridgehead atoms. The predicted octanol–water partition coefficient (Wildman–Crippen LogP) is 1.09. The SMILES string of the molecule is COc1ccc(C(CN)CCN)cc1OC. The summed E-state index contributed by atoms with van der Waals surface area (Å²) < 4.78 is 10.4.